The van der Waals surface area contributed by atoms with Gasteiger partial charge in [-0.15, -0.1) is 0 Å². The van der Waals surface area contributed by atoms with Crippen molar-refractivity contribution >= 4 is 19.4 Å². The van der Waals surface area contributed by atoms with Crippen molar-refractivity contribution in [2.24, 2.45) is 0 Å². The van der Waals surface area contributed by atoms with Crippen molar-refractivity contribution in [1.29, 1.82) is 0 Å². The molecule has 1 amide bonds. The zero-order valence-electron chi connectivity index (χ0n) is 6.89. The maximum atomic E-state index is 10.5. The molecule has 1 rings (SSSR count). The van der Waals surface area contributed by atoms with Gasteiger partial charge in [0.15, 0.2) is 0 Å². The predicted octanol–water partition coefficient (Wildman–Crippen LogP) is -5.76. The van der Waals surface area contributed by atoms with E-state index in [0.717, 1.165) is 19.4 Å². The van der Waals surface area contributed by atoms with Crippen LogP contribution >= 0.6 is 0 Å². The molecule has 1 heterocycles. The minimum atomic E-state index is 0. The third-order valence-corrected chi connectivity index (χ3v) is 1.31. The van der Waals surface area contributed by atoms with E-state index >= 15 is 0 Å². The Morgan fingerprint density at radius 2 is 1.90 bits per heavy atom. The second-order valence-electron chi connectivity index (χ2n) is 1.92. The normalized spacial score (nSPS) is 14.9. The molecule has 2 nitrogen and oxygen atoms in total. The Labute approximate surface area is 92.9 Å². The Hall–Kier alpha value is 1.01. The van der Waals surface area contributed by atoms with Crippen molar-refractivity contribution in [1.82, 2.24) is 4.90 Å². The fraction of sp³-hybridized carbons (Fsp3) is 0.800. The van der Waals surface area contributed by atoms with E-state index in [4.69, 9.17) is 0 Å². The van der Waals surface area contributed by atoms with Crippen LogP contribution in [0.3, 0.4) is 0 Å². The van der Waals surface area contributed by atoms with Crippen LogP contribution in [0.2, 0.25) is 0 Å². The summed E-state index contributed by atoms with van der Waals surface area (Å²) in [5.74, 6) is 0.292. The minimum absolute atomic E-state index is 0. The van der Waals surface area contributed by atoms with Gasteiger partial charge in [0.1, 0.15) is 0 Å². The molecule has 0 aromatic carbocycles. The van der Waals surface area contributed by atoms with Crippen LogP contribution in [0.15, 0.2) is 0 Å². The second-order valence-corrected chi connectivity index (χ2v) is 1.92. The summed E-state index contributed by atoms with van der Waals surface area (Å²) < 4.78 is 0. The first kappa shape index (κ1) is 17.2. The molecule has 1 aliphatic rings. The molecular weight excluding hydrogens is 136 g/mol. The first-order chi connectivity index (χ1) is 3.30. The standard InChI is InChI=1S/C5H9NO.2Li.S/c1-6-4-2-3-5(6)7;;;/h2-4H2,1H3;;;/q;2*+1;-2. The van der Waals surface area contributed by atoms with Crippen LogP contribution in [0.5, 0.6) is 0 Å². The maximum Gasteiger partial charge on any atom is 1.00 e. The van der Waals surface area contributed by atoms with E-state index in [9.17, 15) is 4.79 Å². The first-order valence-corrected chi connectivity index (χ1v) is 2.54. The van der Waals surface area contributed by atoms with Crippen LogP contribution in [-0.4, -0.2) is 24.4 Å². The SMILES string of the molecule is CN1CCCC1=O.[Li+].[Li+].[S-2]. The van der Waals surface area contributed by atoms with Crippen LogP contribution in [0, 0.1) is 0 Å². The summed E-state index contributed by atoms with van der Waals surface area (Å²) in [7, 11) is 1.84. The fourth-order valence-electron chi connectivity index (χ4n) is 0.783. The van der Waals surface area contributed by atoms with Crippen molar-refractivity contribution in [2.75, 3.05) is 13.6 Å². The molecule has 0 aliphatic carbocycles. The third kappa shape index (κ3) is 4.77. The molecule has 0 N–H and O–H groups in total. The number of carbonyl (C=O) groups excluding carboxylic acids is 1. The molecule has 0 radical (unpaired) electrons. The average Bonchev–Trinajstić information content (AvgIpc) is 1.91. The fourth-order valence-corrected chi connectivity index (χ4v) is 0.783. The van der Waals surface area contributed by atoms with Gasteiger partial charge in [0, 0.05) is 20.0 Å². The number of rotatable bonds is 0. The van der Waals surface area contributed by atoms with Gasteiger partial charge >= 0.3 is 37.7 Å². The van der Waals surface area contributed by atoms with Gasteiger partial charge in [0.25, 0.3) is 0 Å². The van der Waals surface area contributed by atoms with Crippen LogP contribution in [0.1, 0.15) is 12.8 Å². The topological polar surface area (TPSA) is 20.3 Å². The van der Waals surface area contributed by atoms with Crippen LogP contribution < -0.4 is 37.7 Å². The van der Waals surface area contributed by atoms with E-state index in [1.165, 1.54) is 0 Å². The third-order valence-electron chi connectivity index (χ3n) is 1.31. The number of hydrogen-bond donors (Lipinski definition) is 0. The minimum Gasteiger partial charge on any atom is -2.00 e. The molecule has 0 bridgehead atoms. The molecule has 1 fully saturated rings. The molecule has 48 valence electrons. The van der Waals surface area contributed by atoms with Crippen LogP contribution in [0.4, 0.5) is 0 Å². The van der Waals surface area contributed by atoms with Gasteiger partial charge in [-0.2, -0.15) is 0 Å². The zero-order chi connectivity index (χ0) is 5.28. The van der Waals surface area contributed by atoms with Crippen molar-refractivity contribution in [3.05, 3.63) is 0 Å². The Bertz CT molecular complexity index is 102. The predicted molar refractivity (Wildman–Crippen MR) is 34.2 cm³/mol. The van der Waals surface area contributed by atoms with E-state index in [1.54, 1.807) is 4.90 Å². The summed E-state index contributed by atoms with van der Waals surface area (Å²) in [6.07, 6.45) is 1.81. The smallest absolute Gasteiger partial charge is 1.00 e. The first-order valence-electron chi connectivity index (χ1n) is 2.54. The Balaban J connectivity index is -0.000000163. The molecule has 10 heavy (non-hydrogen) atoms. The van der Waals surface area contributed by atoms with Gasteiger partial charge in [0.05, 0.1) is 0 Å². The van der Waals surface area contributed by atoms with Gasteiger partial charge in [-0.3, -0.25) is 4.79 Å². The van der Waals surface area contributed by atoms with Gasteiger partial charge in [-0.05, 0) is 6.42 Å². The Morgan fingerprint density at radius 3 is 2.00 bits per heavy atom. The van der Waals surface area contributed by atoms with E-state index in [1.807, 2.05) is 7.05 Å². The average molecular weight is 145 g/mol. The number of carbonyl (C=O) groups is 1. The summed E-state index contributed by atoms with van der Waals surface area (Å²) in [5.41, 5.74) is 0. The molecule has 0 unspecified atom stereocenters. The summed E-state index contributed by atoms with van der Waals surface area (Å²) in [5, 5.41) is 0. The van der Waals surface area contributed by atoms with Crippen molar-refractivity contribution in [3.63, 3.8) is 0 Å². The molecule has 1 aliphatic heterocycles. The molecule has 0 spiro atoms. The number of likely N-dealkylation sites (tertiary alicyclic amines) is 1. The summed E-state index contributed by atoms with van der Waals surface area (Å²) in [4.78, 5) is 12.3. The molecule has 1 saturated heterocycles. The molecule has 0 saturated carbocycles. The van der Waals surface area contributed by atoms with Gasteiger partial charge < -0.3 is 18.4 Å². The summed E-state index contributed by atoms with van der Waals surface area (Å²) >= 11 is 0. The van der Waals surface area contributed by atoms with E-state index in [2.05, 4.69) is 0 Å². The van der Waals surface area contributed by atoms with Crippen LogP contribution in [0.25, 0.3) is 0 Å². The van der Waals surface area contributed by atoms with Gasteiger partial charge in [-0.1, -0.05) is 0 Å². The monoisotopic (exact) mass is 145 g/mol. The maximum absolute atomic E-state index is 10.5. The number of hydrogen-bond acceptors (Lipinski definition) is 1. The molecule has 5 heteroatoms. The summed E-state index contributed by atoms with van der Waals surface area (Å²) in [6.45, 7) is 0.957. The van der Waals surface area contributed by atoms with E-state index < -0.39 is 0 Å². The van der Waals surface area contributed by atoms with Crippen LogP contribution in [-0.2, 0) is 18.3 Å². The summed E-state index contributed by atoms with van der Waals surface area (Å²) in [6, 6.07) is 0. The Morgan fingerprint density at radius 1 is 1.40 bits per heavy atom. The molecule has 0 aromatic rings. The quantitative estimate of drug-likeness (QED) is 0.311. The van der Waals surface area contributed by atoms with Crippen molar-refractivity contribution < 1.29 is 42.5 Å². The van der Waals surface area contributed by atoms with Gasteiger partial charge in [0.2, 0.25) is 5.91 Å². The van der Waals surface area contributed by atoms with E-state index in [-0.39, 0.29) is 51.2 Å². The molecule has 0 aromatic heterocycles. The largest absolute Gasteiger partial charge is 2.00 e. The molecule has 0 atom stereocenters. The zero-order valence-corrected chi connectivity index (χ0v) is 7.70. The Kier molecular flexibility index (Phi) is 14.0. The number of amides is 1. The van der Waals surface area contributed by atoms with Crippen molar-refractivity contribution in [3.8, 4) is 0 Å². The van der Waals surface area contributed by atoms with Crippen molar-refractivity contribution in [2.45, 2.75) is 12.8 Å². The van der Waals surface area contributed by atoms with Gasteiger partial charge in [-0.25, -0.2) is 0 Å². The number of nitrogens with zero attached hydrogens (tertiary/aromatic N) is 1. The van der Waals surface area contributed by atoms with E-state index in [0.29, 0.717) is 5.91 Å². The second kappa shape index (κ2) is 8.11. The molecular formula is C5H9Li2NOS.